The standard InChI is InChI=1S/C19H26N4OS/c1-12(2)15-6-5-7-16(13(3)4)18(15)21-17(24)10-25-19-22-20-11-23(19)14-8-9-14/h5-7,11-14H,8-10H2,1-4H3,(H,21,24). The predicted octanol–water partition coefficient (Wildman–Crippen LogP) is 4.59. The van der Waals surface area contributed by atoms with Crippen LogP contribution in [-0.4, -0.2) is 26.4 Å². The van der Waals surface area contributed by atoms with Crippen LogP contribution in [0.5, 0.6) is 0 Å². The summed E-state index contributed by atoms with van der Waals surface area (Å²) in [6, 6.07) is 6.80. The third kappa shape index (κ3) is 4.24. The monoisotopic (exact) mass is 358 g/mol. The van der Waals surface area contributed by atoms with Gasteiger partial charge < -0.3 is 9.88 Å². The fraction of sp³-hybridized carbons (Fsp3) is 0.526. The Bertz CT molecular complexity index is 723. The van der Waals surface area contributed by atoms with Crippen LogP contribution in [0.25, 0.3) is 0 Å². The van der Waals surface area contributed by atoms with E-state index >= 15 is 0 Å². The molecule has 0 saturated heterocycles. The molecule has 1 N–H and O–H groups in total. The summed E-state index contributed by atoms with van der Waals surface area (Å²) in [6.07, 6.45) is 4.12. The first-order valence-electron chi connectivity index (χ1n) is 8.92. The number of hydrogen-bond acceptors (Lipinski definition) is 4. The van der Waals surface area contributed by atoms with E-state index < -0.39 is 0 Å². The zero-order valence-electron chi connectivity index (χ0n) is 15.3. The van der Waals surface area contributed by atoms with Gasteiger partial charge in [-0.2, -0.15) is 0 Å². The number of hydrogen-bond donors (Lipinski definition) is 1. The topological polar surface area (TPSA) is 59.8 Å². The van der Waals surface area contributed by atoms with E-state index in [0.717, 1.165) is 10.8 Å². The van der Waals surface area contributed by atoms with Crippen LogP contribution in [-0.2, 0) is 4.79 Å². The molecule has 0 aliphatic heterocycles. The highest BCUT2D eigenvalue weighted by atomic mass is 32.2. The Morgan fingerprint density at radius 3 is 2.44 bits per heavy atom. The van der Waals surface area contributed by atoms with Crippen molar-refractivity contribution < 1.29 is 4.79 Å². The Morgan fingerprint density at radius 2 is 1.88 bits per heavy atom. The van der Waals surface area contributed by atoms with Crippen molar-refractivity contribution in [1.82, 2.24) is 14.8 Å². The normalized spacial score (nSPS) is 14.3. The Hall–Kier alpha value is -1.82. The number of carbonyl (C=O) groups excluding carboxylic acids is 1. The van der Waals surface area contributed by atoms with Crippen LogP contribution in [0.2, 0.25) is 0 Å². The molecule has 1 amide bonds. The molecule has 25 heavy (non-hydrogen) atoms. The van der Waals surface area contributed by atoms with Gasteiger partial charge in [0.05, 0.1) is 5.75 Å². The number of nitrogens with zero attached hydrogens (tertiary/aromatic N) is 3. The van der Waals surface area contributed by atoms with Gasteiger partial charge in [-0.25, -0.2) is 0 Å². The first-order chi connectivity index (χ1) is 12.0. The van der Waals surface area contributed by atoms with Crippen molar-refractivity contribution in [2.45, 2.75) is 63.6 Å². The smallest absolute Gasteiger partial charge is 0.234 e. The number of thioether (sulfide) groups is 1. The molecule has 2 aromatic rings. The molecule has 0 bridgehead atoms. The molecule has 1 aliphatic carbocycles. The minimum atomic E-state index is 0.00495. The summed E-state index contributed by atoms with van der Waals surface area (Å²) in [6.45, 7) is 8.62. The average molecular weight is 359 g/mol. The van der Waals surface area contributed by atoms with E-state index in [1.807, 2.05) is 0 Å². The minimum absolute atomic E-state index is 0.00495. The van der Waals surface area contributed by atoms with Crippen molar-refractivity contribution in [3.8, 4) is 0 Å². The van der Waals surface area contributed by atoms with Crippen LogP contribution in [0.3, 0.4) is 0 Å². The Labute approximate surface area is 153 Å². The average Bonchev–Trinajstić information content (AvgIpc) is 3.30. The molecule has 1 heterocycles. The molecule has 134 valence electrons. The first kappa shape index (κ1) is 18.0. The van der Waals surface area contributed by atoms with Crippen LogP contribution in [0, 0.1) is 0 Å². The summed E-state index contributed by atoms with van der Waals surface area (Å²) in [5.74, 6) is 1.07. The van der Waals surface area contributed by atoms with Gasteiger partial charge in [-0.15, -0.1) is 10.2 Å². The Morgan fingerprint density at radius 1 is 1.24 bits per heavy atom. The summed E-state index contributed by atoms with van der Waals surface area (Å²) in [5, 5.41) is 12.1. The first-order valence-corrected chi connectivity index (χ1v) is 9.91. The van der Waals surface area contributed by atoms with Gasteiger partial charge in [0, 0.05) is 11.7 Å². The molecular formula is C19H26N4OS. The van der Waals surface area contributed by atoms with E-state index in [-0.39, 0.29) is 5.91 Å². The SMILES string of the molecule is CC(C)c1cccc(C(C)C)c1NC(=O)CSc1nncn1C1CC1. The number of aromatic nitrogens is 3. The molecule has 0 radical (unpaired) electrons. The van der Waals surface area contributed by atoms with Crippen molar-refractivity contribution in [3.05, 3.63) is 35.7 Å². The van der Waals surface area contributed by atoms with E-state index in [0.29, 0.717) is 23.6 Å². The Kier molecular flexibility index (Phi) is 5.47. The summed E-state index contributed by atoms with van der Waals surface area (Å²) in [4.78, 5) is 12.6. The van der Waals surface area contributed by atoms with Gasteiger partial charge in [0.1, 0.15) is 6.33 Å². The molecule has 6 heteroatoms. The van der Waals surface area contributed by atoms with E-state index in [2.05, 4.69) is 66.0 Å². The van der Waals surface area contributed by atoms with Crippen molar-refractivity contribution >= 4 is 23.4 Å². The summed E-state index contributed by atoms with van der Waals surface area (Å²) >= 11 is 1.46. The zero-order valence-corrected chi connectivity index (χ0v) is 16.1. The molecule has 1 fully saturated rings. The van der Waals surface area contributed by atoms with Gasteiger partial charge in [0.2, 0.25) is 5.91 Å². The molecular weight excluding hydrogens is 332 g/mol. The number of para-hydroxylation sites is 1. The zero-order chi connectivity index (χ0) is 18.0. The quantitative estimate of drug-likeness (QED) is 0.735. The maximum absolute atomic E-state index is 12.6. The fourth-order valence-electron chi connectivity index (χ4n) is 2.94. The summed E-state index contributed by atoms with van der Waals surface area (Å²) in [5.41, 5.74) is 3.35. The molecule has 0 atom stereocenters. The van der Waals surface area contributed by atoms with Crippen LogP contribution in [0.15, 0.2) is 29.7 Å². The second-order valence-corrected chi connectivity index (χ2v) is 8.15. The maximum atomic E-state index is 12.6. The van der Waals surface area contributed by atoms with Crippen molar-refractivity contribution in [2.24, 2.45) is 0 Å². The highest BCUT2D eigenvalue weighted by molar-refractivity contribution is 7.99. The molecule has 5 nitrogen and oxygen atoms in total. The van der Waals surface area contributed by atoms with Gasteiger partial charge in [0.15, 0.2) is 5.16 Å². The van der Waals surface area contributed by atoms with Gasteiger partial charge >= 0.3 is 0 Å². The van der Waals surface area contributed by atoms with E-state index in [1.54, 1.807) is 6.33 Å². The predicted molar refractivity (Wildman–Crippen MR) is 102 cm³/mol. The van der Waals surface area contributed by atoms with E-state index in [1.165, 1.54) is 35.7 Å². The molecule has 1 aromatic carbocycles. The number of anilines is 1. The Balaban J connectivity index is 1.71. The second-order valence-electron chi connectivity index (χ2n) is 7.21. The van der Waals surface area contributed by atoms with Crippen LogP contribution >= 0.6 is 11.8 Å². The lowest BCUT2D eigenvalue weighted by atomic mass is 9.92. The fourth-order valence-corrected chi connectivity index (χ4v) is 3.72. The van der Waals surface area contributed by atoms with E-state index in [4.69, 9.17) is 0 Å². The van der Waals surface area contributed by atoms with Crippen LogP contribution in [0.1, 0.15) is 69.5 Å². The molecule has 0 spiro atoms. The maximum Gasteiger partial charge on any atom is 0.234 e. The van der Waals surface area contributed by atoms with Crippen LogP contribution < -0.4 is 5.32 Å². The van der Waals surface area contributed by atoms with Gasteiger partial charge in [-0.05, 0) is 35.8 Å². The lowest BCUT2D eigenvalue weighted by Crippen LogP contribution is -2.18. The highest BCUT2D eigenvalue weighted by Crippen LogP contribution is 2.37. The molecule has 1 aromatic heterocycles. The van der Waals surface area contributed by atoms with Crippen molar-refractivity contribution in [1.29, 1.82) is 0 Å². The molecule has 1 saturated carbocycles. The lowest BCUT2D eigenvalue weighted by Gasteiger charge is -2.20. The number of carbonyl (C=O) groups is 1. The number of benzene rings is 1. The second kappa shape index (κ2) is 7.60. The third-order valence-electron chi connectivity index (χ3n) is 4.45. The largest absolute Gasteiger partial charge is 0.325 e. The number of rotatable bonds is 7. The lowest BCUT2D eigenvalue weighted by molar-refractivity contribution is -0.113. The minimum Gasteiger partial charge on any atom is -0.325 e. The van der Waals surface area contributed by atoms with Crippen molar-refractivity contribution in [2.75, 3.05) is 11.1 Å². The van der Waals surface area contributed by atoms with Crippen molar-refractivity contribution in [3.63, 3.8) is 0 Å². The summed E-state index contributed by atoms with van der Waals surface area (Å²) < 4.78 is 2.08. The van der Waals surface area contributed by atoms with E-state index in [9.17, 15) is 4.79 Å². The molecule has 0 unspecified atom stereocenters. The molecule has 3 rings (SSSR count). The van der Waals surface area contributed by atoms with Gasteiger partial charge in [0.25, 0.3) is 0 Å². The summed E-state index contributed by atoms with van der Waals surface area (Å²) in [7, 11) is 0. The third-order valence-corrected chi connectivity index (χ3v) is 5.41. The van der Waals surface area contributed by atoms with Gasteiger partial charge in [-0.3, -0.25) is 4.79 Å². The highest BCUT2D eigenvalue weighted by Gasteiger charge is 2.26. The van der Waals surface area contributed by atoms with Gasteiger partial charge in [-0.1, -0.05) is 57.7 Å². The molecule has 1 aliphatic rings. The number of amides is 1. The number of nitrogens with one attached hydrogen (secondary N) is 1. The van der Waals surface area contributed by atoms with Crippen LogP contribution in [0.4, 0.5) is 5.69 Å².